The number of rotatable bonds is 4. The summed E-state index contributed by atoms with van der Waals surface area (Å²) >= 11 is 0. The van der Waals surface area contributed by atoms with E-state index < -0.39 is 0 Å². The Morgan fingerprint density at radius 3 is 2.50 bits per heavy atom. The molecule has 0 spiro atoms. The van der Waals surface area contributed by atoms with E-state index in [0.717, 1.165) is 6.42 Å². The van der Waals surface area contributed by atoms with Gasteiger partial charge < -0.3 is 10.0 Å². The fourth-order valence-corrected chi connectivity index (χ4v) is 5.05. The Hall–Kier alpha value is -1.96. The van der Waals surface area contributed by atoms with Gasteiger partial charge in [-0.25, -0.2) is 0 Å². The number of piperidine rings is 1. The fourth-order valence-electron chi connectivity index (χ4n) is 5.05. The first-order valence-electron chi connectivity index (χ1n) is 10.4. The molecule has 2 heteroatoms. The second-order valence-electron chi connectivity index (χ2n) is 8.09. The molecule has 0 bridgehead atoms. The Morgan fingerprint density at radius 2 is 1.77 bits per heavy atom. The van der Waals surface area contributed by atoms with Crippen LogP contribution in [0.1, 0.15) is 68.1 Å². The summed E-state index contributed by atoms with van der Waals surface area (Å²) in [5.74, 6) is 1.57. The summed E-state index contributed by atoms with van der Waals surface area (Å²) in [4.78, 5) is 2.53. The molecule has 2 aliphatic rings. The van der Waals surface area contributed by atoms with Crippen molar-refractivity contribution in [3.63, 3.8) is 0 Å². The van der Waals surface area contributed by atoms with Gasteiger partial charge in [0.05, 0.1) is 0 Å². The Labute approximate surface area is 157 Å². The molecule has 4 rings (SSSR count). The molecule has 1 N–H and O–H groups in total. The molecular formula is C24H31NO. The lowest BCUT2D eigenvalue weighted by atomic mass is 9.70. The van der Waals surface area contributed by atoms with E-state index in [2.05, 4.69) is 42.2 Å². The van der Waals surface area contributed by atoms with E-state index in [9.17, 15) is 5.11 Å². The van der Waals surface area contributed by atoms with Crippen LogP contribution in [-0.2, 0) is 6.42 Å². The average Bonchev–Trinajstić information content (AvgIpc) is 2.69. The third-order valence-electron chi connectivity index (χ3n) is 6.35. The van der Waals surface area contributed by atoms with Gasteiger partial charge in [-0.05, 0) is 85.4 Å². The quantitative estimate of drug-likeness (QED) is 0.745. The predicted octanol–water partition coefficient (Wildman–Crippen LogP) is 5.88. The minimum absolute atomic E-state index is 0.400. The summed E-state index contributed by atoms with van der Waals surface area (Å²) in [5.41, 5.74) is 5.58. The van der Waals surface area contributed by atoms with E-state index in [0.29, 0.717) is 17.6 Å². The highest BCUT2D eigenvalue weighted by atomic mass is 16.3. The number of hydrogen-bond acceptors (Lipinski definition) is 2. The first-order valence-corrected chi connectivity index (χ1v) is 10.4. The monoisotopic (exact) mass is 349 g/mol. The smallest absolute Gasteiger partial charge is 0.115 e. The zero-order valence-electron chi connectivity index (χ0n) is 16.0. The lowest BCUT2D eigenvalue weighted by molar-refractivity contribution is 0.377. The van der Waals surface area contributed by atoms with Crippen molar-refractivity contribution in [1.82, 2.24) is 0 Å². The highest BCUT2D eigenvalue weighted by molar-refractivity contribution is 5.51. The maximum absolute atomic E-state index is 9.89. The van der Waals surface area contributed by atoms with Crippen molar-refractivity contribution in [3.8, 4) is 5.75 Å². The van der Waals surface area contributed by atoms with Gasteiger partial charge in [-0.15, -0.1) is 0 Å². The largest absolute Gasteiger partial charge is 0.508 e. The van der Waals surface area contributed by atoms with Gasteiger partial charge in [-0.2, -0.15) is 0 Å². The molecule has 2 nitrogen and oxygen atoms in total. The predicted molar refractivity (Wildman–Crippen MR) is 109 cm³/mol. The van der Waals surface area contributed by atoms with Crippen molar-refractivity contribution in [2.24, 2.45) is 5.92 Å². The van der Waals surface area contributed by atoms with E-state index in [1.165, 1.54) is 74.0 Å². The van der Waals surface area contributed by atoms with Crippen LogP contribution in [0, 0.1) is 5.92 Å². The number of fused-ring (bicyclic) bond motifs is 1. The van der Waals surface area contributed by atoms with Gasteiger partial charge in [-0.3, -0.25) is 0 Å². The van der Waals surface area contributed by atoms with Crippen molar-refractivity contribution < 1.29 is 5.11 Å². The van der Waals surface area contributed by atoms with Crippen LogP contribution in [0.3, 0.4) is 0 Å². The molecule has 2 atom stereocenters. The zero-order valence-corrected chi connectivity index (χ0v) is 16.0. The summed E-state index contributed by atoms with van der Waals surface area (Å²) in [7, 11) is 0. The molecule has 0 unspecified atom stereocenters. The maximum atomic E-state index is 9.89. The summed E-state index contributed by atoms with van der Waals surface area (Å²) in [6.07, 6.45) is 8.84. The summed E-state index contributed by atoms with van der Waals surface area (Å²) in [6.45, 7) is 4.69. The van der Waals surface area contributed by atoms with Crippen molar-refractivity contribution in [1.29, 1.82) is 0 Å². The van der Waals surface area contributed by atoms with E-state index in [1.807, 2.05) is 12.1 Å². The maximum Gasteiger partial charge on any atom is 0.115 e. The van der Waals surface area contributed by atoms with Crippen LogP contribution in [0.25, 0.3) is 0 Å². The number of benzene rings is 2. The molecule has 0 saturated carbocycles. The van der Waals surface area contributed by atoms with Gasteiger partial charge in [0.1, 0.15) is 5.75 Å². The molecule has 1 aliphatic carbocycles. The molecule has 1 saturated heterocycles. The minimum Gasteiger partial charge on any atom is -0.508 e. The molecule has 1 heterocycles. The number of phenols is 1. The van der Waals surface area contributed by atoms with Crippen LogP contribution < -0.4 is 4.90 Å². The van der Waals surface area contributed by atoms with Gasteiger partial charge in [-0.1, -0.05) is 31.5 Å². The van der Waals surface area contributed by atoms with E-state index >= 15 is 0 Å². The van der Waals surface area contributed by atoms with Crippen LogP contribution in [0.4, 0.5) is 5.69 Å². The third-order valence-corrected chi connectivity index (χ3v) is 6.35. The first kappa shape index (κ1) is 17.5. The summed E-state index contributed by atoms with van der Waals surface area (Å²) < 4.78 is 0. The van der Waals surface area contributed by atoms with E-state index in [4.69, 9.17) is 0 Å². The molecule has 0 aromatic heterocycles. The zero-order chi connectivity index (χ0) is 17.9. The topological polar surface area (TPSA) is 23.5 Å². The van der Waals surface area contributed by atoms with Gasteiger partial charge in [0.2, 0.25) is 0 Å². The number of aromatic hydroxyl groups is 1. The number of nitrogens with zero attached hydrogens (tertiary/aromatic N) is 1. The second kappa shape index (κ2) is 7.73. The molecule has 26 heavy (non-hydrogen) atoms. The van der Waals surface area contributed by atoms with E-state index in [1.54, 1.807) is 0 Å². The fraction of sp³-hybridized carbons (Fsp3) is 0.500. The molecule has 1 fully saturated rings. The molecule has 2 aromatic carbocycles. The second-order valence-corrected chi connectivity index (χ2v) is 8.09. The molecule has 1 aliphatic heterocycles. The highest BCUT2D eigenvalue weighted by Gasteiger charge is 2.30. The van der Waals surface area contributed by atoms with E-state index in [-0.39, 0.29) is 0 Å². The first-order chi connectivity index (χ1) is 12.8. The Kier molecular flexibility index (Phi) is 5.19. The van der Waals surface area contributed by atoms with Crippen molar-refractivity contribution in [3.05, 3.63) is 59.2 Å². The normalized spacial score (nSPS) is 22.9. The van der Waals surface area contributed by atoms with Crippen molar-refractivity contribution in [2.45, 2.75) is 57.8 Å². The van der Waals surface area contributed by atoms with Crippen molar-refractivity contribution >= 4 is 5.69 Å². The van der Waals surface area contributed by atoms with Crippen LogP contribution in [0.2, 0.25) is 0 Å². The lowest BCUT2D eigenvalue weighted by Gasteiger charge is -2.35. The Bertz CT molecular complexity index is 730. The van der Waals surface area contributed by atoms with Gasteiger partial charge >= 0.3 is 0 Å². The summed E-state index contributed by atoms with van der Waals surface area (Å²) in [6, 6.07) is 15.4. The van der Waals surface area contributed by atoms with Crippen molar-refractivity contribution in [2.75, 3.05) is 18.0 Å². The Balaban J connectivity index is 1.65. The molecule has 0 amide bonds. The van der Waals surface area contributed by atoms with Crippen LogP contribution >= 0.6 is 0 Å². The molecular weight excluding hydrogens is 318 g/mol. The average molecular weight is 350 g/mol. The number of hydrogen-bond donors (Lipinski definition) is 1. The lowest BCUT2D eigenvalue weighted by Crippen LogP contribution is -2.29. The van der Waals surface area contributed by atoms with Crippen LogP contribution in [-0.4, -0.2) is 18.2 Å². The SMILES string of the molecule is CCC[C@H]1CCc2cc(O)ccc2[C@H]1c1ccc(N2CCCCC2)cc1. The minimum atomic E-state index is 0.400. The summed E-state index contributed by atoms with van der Waals surface area (Å²) in [5, 5.41) is 9.89. The molecule has 2 aromatic rings. The van der Waals surface area contributed by atoms with Gasteiger partial charge in [0, 0.05) is 24.7 Å². The highest BCUT2D eigenvalue weighted by Crippen LogP contribution is 2.44. The molecule has 0 radical (unpaired) electrons. The molecule has 138 valence electrons. The van der Waals surface area contributed by atoms with Crippen LogP contribution in [0.15, 0.2) is 42.5 Å². The number of aryl methyl sites for hydroxylation is 1. The van der Waals surface area contributed by atoms with Gasteiger partial charge in [0.15, 0.2) is 0 Å². The standard InChI is InChI=1S/C24H31NO/c1-2-6-18-7-8-20-17-22(26)13-14-23(20)24(18)19-9-11-21(12-10-19)25-15-4-3-5-16-25/h9-14,17-18,24,26H,2-8,15-16H2,1H3/t18-,24+/m0/s1. The third kappa shape index (κ3) is 3.47. The van der Waals surface area contributed by atoms with Crippen LogP contribution in [0.5, 0.6) is 5.75 Å². The number of phenolic OH excluding ortho intramolecular Hbond substituents is 1. The van der Waals surface area contributed by atoms with Gasteiger partial charge in [0.25, 0.3) is 0 Å². The number of anilines is 1. The Morgan fingerprint density at radius 1 is 1.00 bits per heavy atom.